The number of hydrogen-bond acceptors (Lipinski definition) is 12. The van der Waals surface area contributed by atoms with E-state index in [0.717, 1.165) is 20.8 Å². The SMILES string of the molecule is C=C(C)[C@@H]1C=C[C@H](OC(C)=O)[C@]2(CO)[C@@H](OC(=O)CCC)[C@@H]3[C@H](OC(C)=O)[C@H](C)C[C@@]3(OC(C)=O)C(=O)[C@](C)(OC(C)=O)[C@@H]12. The van der Waals surface area contributed by atoms with Gasteiger partial charge in [-0.15, -0.1) is 0 Å². The van der Waals surface area contributed by atoms with E-state index in [2.05, 4.69) is 6.58 Å². The molecule has 12 heteroatoms. The first-order valence-corrected chi connectivity index (χ1v) is 14.8. The molecule has 0 aromatic heterocycles. The second-order valence-electron chi connectivity index (χ2n) is 12.5. The fraction of sp³-hybridized carbons (Fsp3) is 0.688. The van der Waals surface area contributed by atoms with E-state index >= 15 is 4.79 Å². The quantitative estimate of drug-likeness (QED) is 0.228. The number of ether oxygens (including phenoxy) is 5. The van der Waals surface area contributed by atoms with Crippen LogP contribution in [0.1, 0.15) is 74.7 Å². The molecule has 3 aliphatic rings. The van der Waals surface area contributed by atoms with E-state index in [-0.39, 0.29) is 12.8 Å². The van der Waals surface area contributed by atoms with Crippen molar-refractivity contribution in [2.75, 3.05) is 6.61 Å². The molecule has 0 aromatic carbocycles. The van der Waals surface area contributed by atoms with Crippen LogP contribution in [-0.4, -0.2) is 76.9 Å². The largest absolute Gasteiger partial charge is 0.462 e. The fourth-order valence-corrected chi connectivity index (χ4v) is 7.97. The van der Waals surface area contributed by atoms with Crippen molar-refractivity contribution in [1.29, 1.82) is 0 Å². The van der Waals surface area contributed by atoms with Gasteiger partial charge in [0.2, 0.25) is 5.78 Å². The molecule has 0 unspecified atom stereocenters. The summed E-state index contributed by atoms with van der Waals surface area (Å²) in [4.78, 5) is 79.2. The minimum Gasteiger partial charge on any atom is -0.462 e. The van der Waals surface area contributed by atoms with E-state index in [0.29, 0.717) is 12.0 Å². The van der Waals surface area contributed by atoms with E-state index in [1.165, 1.54) is 19.9 Å². The van der Waals surface area contributed by atoms with Gasteiger partial charge in [-0.2, -0.15) is 0 Å². The number of ketones is 1. The van der Waals surface area contributed by atoms with Crippen molar-refractivity contribution in [3.63, 3.8) is 0 Å². The predicted octanol–water partition coefficient (Wildman–Crippen LogP) is 2.78. The highest BCUT2D eigenvalue weighted by Crippen LogP contribution is 2.63. The van der Waals surface area contributed by atoms with Gasteiger partial charge in [0.25, 0.3) is 0 Å². The zero-order valence-corrected chi connectivity index (χ0v) is 26.7. The Hall–Kier alpha value is -3.54. The molecular weight excluding hydrogens is 576 g/mol. The summed E-state index contributed by atoms with van der Waals surface area (Å²) in [5, 5.41) is 11.6. The lowest BCUT2D eigenvalue weighted by Crippen LogP contribution is -2.66. The number of Topliss-reactive ketones (excluding diaryl/α,β-unsaturated/α-hetero) is 1. The van der Waals surface area contributed by atoms with Crippen molar-refractivity contribution < 1.29 is 57.6 Å². The first kappa shape index (κ1) is 34.9. The van der Waals surface area contributed by atoms with E-state index in [1.54, 1.807) is 26.8 Å². The van der Waals surface area contributed by atoms with Gasteiger partial charge in [-0.3, -0.25) is 28.8 Å². The van der Waals surface area contributed by atoms with E-state index in [4.69, 9.17) is 23.7 Å². The van der Waals surface area contributed by atoms with Gasteiger partial charge in [-0.05, 0) is 32.3 Å². The average molecular weight is 621 g/mol. The molecule has 0 amide bonds. The first-order chi connectivity index (χ1) is 20.4. The molecule has 0 saturated heterocycles. The molecule has 10 atom stereocenters. The second kappa shape index (κ2) is 12.8. The molecule has 2 saturated carbocycles. The summed E-state index contributed by atoms with van der Waals surface area (Å²) in [7, 11) is 0. The molecule has 44 heavy (non-hydrogen) atoms. The number of aliphatic hydroxyl groups excluding tert-OH is 1. The lowest BCUT2D eigenvalue weighted by molar-refractivity contribution is -0.224. The first-order valence-electron chi connectivity index (χ1n) is 14.8. The monoisotopic (exact) mass is 620 g/mol. The molecular formula is C32H44O12. The lowest BCUT2D eigenvalue weighted by atomic mass is 9.53. The minimum atomic E-state index is -2.17. The summed E-state index contributed by atoms with van der Waals surface area (Å²) < 4.78 is 29.6. The van der Waals surface area contributed by atoms with Crippen LogP contribution in [0.25, 0.3) is 0 Å². The summed E-state index contributed by atoms with van der Waals surface area (Å²) in [5.41, 5.74) is -5.74. The van der Waals surface area contributed by atoms with E-state index in [9.17, 15) is 29.1 Å². The van der Waals surface area contributed by atoms with Crippen LogP contribution in [0.2, 0.25) is 0 Å². The number of hydrogen-bond donors (Lipinski definition) is 1. The summed E-state index contributed by atoms with van der Waals surface area (Å²) in [6, 6.07) is 0. The molecule has 0 bridgehead atoms. The van der Waals surface area contributed by atoms with Gasteiger partial charge in [-0.1, -0.05) is 32.1 Å². The zero-order valence-electron chi connectivity index (χ0n) is 26.7. The van der Waals surface area contributed by atoms with Crippen LogP contribution < -0.4 is 0 Å². The lowest BCUT2D eigenvalue weighted by Gasteiger charge is -2.55. The van der Waals surface area contributed by atoms with Gasteiger partial charge in [0.15, 0.2) is 11.2 Å². The number of fused-ring (bicyclic) bond motifs is 2. The van der Waals surface area contributed by atoms with Crippen molar-refractivity contribution in [3.05, 3.63) is 24.3 Å². The van der Waals surface area contributed by atoms with Crippen molar-refractivity contribution in [2.24, 2.45) is 29.1 Å². The third-order valence-electron chi connectivity index (χ3n) is 9.16. The molecule has 1 N–H and O–H groups in total. The Morgan fingerprint density at radius 1 is 0.932 bits per heavy atom. The van der Waals surface area contributed by atoms with Gasteiger partial charge in [0.05, 0.1) is 17.9 Å². The molecule has 0 spiro atoms. The summed E-state index contributed by atoms with van der Waals surface area (Å²) in [5.74, 6) is -8.85. The number of aliphatic hydroxyl groups is 1. The van der Waals surface area contributed by atoms with Crippen LogP contribution in [0.3, 0.4) is 0 Å². The molecule has 12 nitrogen and oxygen atoms in total. The maximum absolute atomic E-state index is 15.2. The van der Waals surface area contributed by atoms with Gasteiger partial charge < -0.3 is 28.8 Å². The van der Waals surface area contributed by atoms with Crippen molar-refractivity contribution >= 4 is 35.6 Å². The molecule has 3 rings (SSSR count). The second-order valence-corrected chi connectivity index (χ2v) is 12.5. The van der Waals surface area contributed by atoms with Crippen LogP contribution in [-0.2, 0) is 52.5 Å². The van der Waals surface area contributed by atoms with Gasteiger partial charge in [0.1, 0.15) is 18.3 Å². The Labute approximate surface area is 257 Å². The topological polar surface area (TPSA) is 169 Å². The van der Waals surface area contributed by atoms with Crippen LogP contribution in [0.5, 0.6) is 0 Å². The van der Waals surface area contributed by atoms with Gasteiger partial charge in [-0.25, -0.2) is 0 Å². The van der Waals surface area contributed by atoms with Crippen molar-refractivity contribution in [3.8, 4) is 0 Å². The van der Waals surface area contributed by atoms with Gasteiger partial charge >= 0.3 is 29.8 Å². The van der Waals surface area contributed by atoms with E-state index < -0.39 is 101 Å². The molecule has 2 fully saturated rings. The number of rotatable bonds is 9. The maximum Gasteiger partial charge on any atom is 0.306 e. The van der Waals surface area contributed by atoms with Crippen LogP contribution in [0, 0.1) is 29.1 Å². The molecule has 0 heterocycles. The molecule has 244 valence electrons. The zero-order chi connectivity index (χ0) is 33.4. The predicted molar refractivity (Wildman–Crippen MR) is 153 cm³/mol. The maximum atomic E-state index is 15.2. The minimum absolute atomic E-state index is 0.0586. The Balaban J connectivity index is 2.62. The Bertz CT molecular complexity index is 1250. The molecule has 3 aliphatic carbocycles. The summed E-state index contributed by atoms with van der Waals surface area (Å²) >= 11 is 0. The molecule has 0 aliphatic heterocycles. The number of carbonyl (C=O) groups excluding carboxylic acids is 6. The van der Waals surface area contributed by atoms with Crippen LogP contribution in [0.15, 0.2) is 24.3 Å². The number of carbonyl (C=O) groups is 6. The average Bonchev–Trinajstić information content (AvgIpc) is 3.13. The smallest absolute Gasteiger partial charge is 0.306 e. The van der Waals surface area contributed by atoms with Crippen molar-refractivity contribution in [2.45, 2.75) is 104 Å². The molecule has 0 radical (unpaired) electrons. The summed E-state index contributed by atoms with van der Waals surface area (Å²) in [6.07, 6.45) is -0.786. The highest BCUT2D eigenvalue weighted by Gasteiger charge is 2.79. The van der Waals surface area contributed by atoms with Crippen LogP contribution >= 0.6 is 0 Å². The standard InChI is InChI=1S/C32H44O12/c1-10-11-24(38)42-28-25-26(41-19(6)35)17(4)14-32(25,44-21(8)37)29(39)30(9,43-20(7)36)27-22(16(2)3)12-13-23(40-18(5)34)31(27,28)15-33/h12-13,17,22-23,25-28,33H,2,10-11,14-15H2,1,3-9H3/t17-,22+,23+,25+,26-,27-,28+,30-,31+,32+/m1/s1. The third-order valence-corrected chi connectivity index (χ3v) is 9.16. The summed E-state index contributed by atoms with van der Waals surface area (Å²) in [6.45, 7) is 14.2. The normalized spacial score (nSPS) is 37.5. The van der Waals surface area contributed by atoms with Crippen molar-refractivity contribution in [1.82, 2.24) is 0 Å². The number of allylic oxidation sites excluding steroid dienone is 2. The molecule has 0 aromatic rings. The highest BCUT2D eigenvalue weighted by atomic mass is 16.6. The van der Waals surface area contributed by atoms with E-state index in [1.807, 2.05) is 0 Å². The Morgan fingerprint density at radius 2 is 1.52 bits per heavy atom. The third kappa shape index (κ3) is 5.80. The fourth-order valence-electron chi connectivity index (χ4n) is 7.97. The highest BCUT2D eigenvalue weighted by molar-refractivity contribution is 5.99. The Kier molecular flexibility index (Phi) is 10.2. The number of esters is 5. The Morgan fingerprint density at radius 3 is 2.00 bits per heavy atom. The van der Waals surface area contributed by atoms with Crippen LogP contribution in [0.4, 0.5) is 0 Å². The van der Waals surface area contributed by atoms with Gasteiger partial charge in [0, 0.05) is 52.4 Å².